The molecule has 4 nitrogen and oxygen atoms in total. The minimum Gasteiger partial charge on any atom is -0.372 e. The summed E-state index contributed by atoms with van der Waals surface area (Å²) in [5.41, 5.74) is 3.17. The Morgan fingerprint density at radius 1 is 1.35 bits per heavy atom. The van der Waals surface area contributed by atoms with E-state index in [1.807, 2.05) is 30.9 Å². The van der Waals surface area contributed by atoms with E-state index in [4.69, 9.17) is 4.74 Å². The van der Waals surface area contributed by atoms with Crippen molar-refractivity contribution in [1.29, 1.82) is 0 Å². The van der Waals surface area contributed by atoms with Gasteiger partial charge in [-0.1, -0.05) is 6.07 Å². The van der Waals surface area contributed by atoms with Gasteiger partial charge in [0.05, 0.1) is 12.2 Å². The molecule has 0 unspecified atom stereocenters. The molecule has 0 spiro atoms. The Kier molecular flexibility index (Phi) is 3.52. The second kappa shape index (κ2) is 5.19. The summed E-state index contributed by atoms with van der Waals surface area (Å²) in [6.45, 7) is 7.90. The molecule has 1 N–H and O–H groups in total. The van der Waals surface area contributed by atoms with Crippen LogP contribution in [0.3, 0.4) is 0 Å². The number of morpholine rings is 1. The fourth-order valence-corrected chi connectivity index (χ4v) is 2.99. The van der Waals surface area contributed by atoms with Crippen LogP contribution < -0.4 is 5.32 Å². The maximum Gasteiger partial charge on any atom is 0.254 e. The molecule has 4 heteroatoms. The van der Waals surface area contributed by atoms with Gasteiger partial charge in [-0.2, -0.15) is 0 Å². The Hall–Kier alpha value is -1.39. The SMILES string of the molecule is CC1(C)CN(C(=O)c2ccc3c(c2)CNCC3)CCO1. The zero-order valence-electron chi connectivity index (χ0n) is 12.2. The largest absolute Gasteiger partial charge is 0.372 e. The molecule has 2 aliphatic rings. The van der Waals surface area contributed by atoms with Crippen molar-refractivity contribution >= 4 is 5.91 Å². The first-order chi connectivity index (χ1) is 9.55. The van der Waals surface area contributed by atoms with Crippen LogP contribution in [0.4, 0.5) is 0 Å². The van der Waals surface area contributed by atoms with Gasteiger partial charge in [0.25, 0.3) is 5.91 Å². The zero-order valence-corrected chi connectivity index (χ0v) is 12.2. The number of rotatable bonds is 1. The normalized spacial score (nSPS) is 21.4. The van der Waals surface area contributed by atoms with Crippen LogP contribution >= 0.6 is 0 Å². The Morgan fingerprint density at radius 3 is 3.00 bits per heavy atom. The molecule has 1 fully saturated rings. The standard InChI is InChI=1S/C16H22N2O2/c1-16(2)11-18(7-8-20-16)15(19)13-4-3-12-5-6-17-10-14(12)9-13/h3-4,9,17H,5-8,10-11H2,1-2H3. The van der Waals surface area contributed by atoms with Crippen molar-refractivity contribution in [3.05, 3.63) is 34.9 Å². The molecular weight excluding hydrogens is 252 g/mol. The summed E-state index contributed by atoms with van der Waals surface area (Å²) < 4.78 is 5.67. The van der Waals surface area contributed by atoms with Crippen LogP contribution in [0, 0.1) is 0 Å². The van der Waals surface area contributed by atoms with Crippen LogP contribution in [-0.2, 0) is 17.7 Å². The average molecular weight is 274 g/mol. The number of nitrogens with zero attached hydrogens (tertiary/aromatic N) is 1. The summed E-state index contributed by atoms with van der Waals surface area (Å²) in [5, 5.41) is 3.35. The number of benzene rings is 1. The maximum atomic E-state index is 12.6. The van der Waals surface area contributed by atoms with Crippen LogP contribution in [0.2, 0.25) is 0 Å². The Bertz CT molecular complexity index is 525. The van der Waals surface area contributed by atoms with E-state index >= 15 is 0 Å². The number of carbonyl (C=O) groups is 1. The highest BCUT2D eigenvalue weighted by atomic mass is 16.5. The molecule has 108 valence electrons. The number of hydrogen-bond acceptors (Lipinski definition) is 3. The second-order valence-corrected chi connectivity index (χ2v) is 6.25. The van der Waals surface area contributed by atoms with Crippen LogP contribution in [0.1, 0.15) is 35.3 Å². The minimum atomic E-state index is -0.246. The van der Waals surface area contributed by atoms with Gasteiger partial charge >= 0.3 is 0 Å². The van der Waals surface area contributed by atoms with Gasteiger partial charge in [-0.05, 0) is 50.1 Å². The Labute approximate surface area is 120 Å². The molecule has 0 bridgehead atoms. The summed E-state index contributed by atoms with van der Waals surface area (Å²) in [6, 6.07) is 6.12. The lowest BCUT2D eigenvalue weighted by Gasteiger charge is -2.38. The van der Waals surface area contributed by atoms with Gasteiger partial charge in [0.15, 0.2) is 0 Å². The van der Waals surface area contributed by atoms with Crippen molar-refractivity contribution in [1.82, 2.24) is 10.2 Å². The molecule has 0 radical (unpaired) electrons. The lowest BCUT2D eigenvalue weighted by Crippen LogP contribution is -2.50. The number of ether oxygens (including phenoxy) is 1. The van der Waals surface area contributed by atoms with E-state index in [9.17, 15) is 4.79 Å². The van der Waals surface area contributed by atoms with Crippen molar-refractivity contribution in [2.24, 2.45) is 0 Å². The molecular formula is C16H22N2O2. The van der Waals surface area contributed by atoms with Gasteiger partial charge in [-0.25, -0.2) is 0 Å². The van der Waals surface area contributed by atoms with E-state index in [1.54, 1.807) is 0 Å². The predicted molar refractivity (Wildman–Crippen MR) is 77.8 cm³/mol. The molecule has 0 atom stereocenters. The van der Waals surface area contributed by atoms with E-state index in [1.165, 1.54) is 11.1 Å². The number of hydrogen-bond donors (Lipinski definition) is 1. The summed E-state index contributed by atoms with van der Waals surface area (Å²) in [6.07, 6.45) is 1.05. The summed E-state index contributed by atoms with van der Waals surface area (Å²) in [4.78, 5) is 14.5. The number of fused-ring (bicyclic) bond motifs is 1. The van der Waals surface area contributed by atoms with Gasteiger partial charge in [0.1, 0.15) is 0 Å². The van der Waals surface area contributed by atoms with Crippen LogP contribution in [0.5, 0.6) is 0 Å². The topological polar surface area (TPSA) is 41.6 Å². The van der Waals surface area contributed by atoms with E-state index in [2.05, 4.69) is 11.4 Å². The molecule has 0 saturated carbocycles. The predicted octanol–water partition coefficient (Wildman–Crippen LogP) is 1.58. The smallest absolute Gasteiger partial charge is 0.254 e. The first-order valence-electron chi connectivity index (χ1n) is 7.31. The second-order valence-electron chi connectivity index (χ2n) is 6.25. The lowest BCUT2D eigenvalue weighted by molar-refractivity contribution is -0.0764. The van der Waals surface area contributed by atoms with E-state index in [0.29, 0.717) is 19.7 Å². The van der Waals surface area contributed by atoms with Crippen molar-refractivity contribution < 1.29 is 9.53 Å². The summed E-state index contributed by atoms with van der Waals surface area (Å²) >= 11 is 0. The van der Waals surface area contributed by atoms with Gasteiger partial charge < -0.3 is 15.0 Å². The van der Waals surface area contributed by atoms with Crippen molar-refractivity contribution in [2.45, 2.75) is 32.4 Å². The highest BCUT2D eigenvalue weighted by Crippen LogP contribution is 2.21. The molecule has 2 heterocycles. The molecule has 1 saturated heterocycles. The van der Waals surface area contributed by atoms with Gasteiger partial charge in [0, 0.05) is 25.2 Å². The first-order valence-corrected chi connectivity index (χ1v) is 7.31. The van der Waals surface area contributed by atoms with E-state index < -0.39 is 0 Å². The molecule has 0 aliphatic carbocycles. The summed E-state index contributed by atoms with van der Waals surface area (Å²) in [5.74, 6) is 0.120. The quantitative estimate of drug-likeness (QED) is 0.845. The van der Waals surface area contributed by atoms with Gasteiger partial charge in [-0.3, -0.25) is 4.79 Å². The number of amides is 1. The van der Waals surface area contributed by atoms with E-state index in [0.717, 1.165) is 25.1 Å². The van der Waals surface area contributed by atoms with Crippen LogP contribution in [-0.4, -0.2) is 42.6 Å². The minimum absolute atomic E-state index is 0.120. The highest BCUT2D eigenvalue weighted by Gasteiger charge is 2.30. The lowest BCUT2D eigenvalue weighted by atomic mass is 9.97. The summed E-state index contributed by atoms with van der Waals surface area (Å²) in [7, 11) is 0. The van der Waals surface area contributed by atoms with Crippen LogP contribution in [0.25, 0.3) is 0 Å². The zero-order chi connectivity index (χ0) is 14.2. The molecule has 1 amide bonds. The fraction of sp³-hybridized carbons (Fsp3) is 0.562. The Balaban J connectivity index is 1.80. The number of nitrogens with one attached hydrogen (secondary N) is 1. The third kappa shape index (κ3) is 2.72. The molecule has 3 rings (SSSR count). The monoisotopic (exact) mass is 274 g/mol. The number of carbonyl (C=O) groups excluding carboxylic acids is 1. The average Bonchev–Trinajstić information content (AvgIpc) is 2.45. The van der Waals surface area contributed by atoms with Crippen LogP contribution in [0.15, 0.2) is 18.2 Å². The third-order valence-electron chi connectivity index (χ3n) is 4.05. The maximum absolute atomic E-state index is 12.6. The van der Waals surface area contributed by atoms with Crippen molar-refractivity contribution in [3.63, 3.8) is 0 Å². The Morgan fingerprint density at radius 2 is 2.20 bits per heavy atom. The highest BCUT2D eigenvalue weighted by molar-refractivity contribution is 5.94. The van der Waals surface area contributed by atoms with Gasteiger partial charge in [-0.15, -0.1) is 0 Å². The molecule has 20 heavy (non-hydrogen) atoms. The fourth-order valence-electron chi connectivity index (χ4n) is 2.99. The van der Waals surface area contributed by atoms with Crippen molar-refractivity contribution in [3.8, 4) is 0 Å². The first kappa shape index (κ1) is 13.6. The van der Waals surface area contributed by atoms with E-state index in [-0.39, 0.29) is 11.5 Å². The van der Waals surface area contributed by atoms with Gasteiger partial charge in [0.2, 0.25) is 0 Å². The third-order valence-corrected chi connectivity index (χ3v) is 4.05. The molecule has 1 aromatic carbocycles. The van der Waals surface area contributed by atoms with Crippen molar-refractivity contribution in [2.75, 3.05) is 26.2 Å². The molecule has 0 aromatic heterocycles. The molecule has 1 aromatic rings. The molecule has 2 aliphatic heterocycles.